The number of nitrogens with zero attached hydrogens (tertiary/aromatic N) is 4. The van der Waals surface area contributed by atoms with E-state index >= 15 is 0 Å². The van der Waals surface area contributed by atoms with Crippen molar-refractivity contribution in [3.8, 4) is 23.0 Å². The first-order valence-corrected chi connectivity index (χ1v) is 28.9. The van der Waals surface area contributed by atoms with E-state index < -0.39 is 0 Å². The van der Waals surface area contributed by atoms with Crippen molar-refractivity contribution in [1.29, 1.82) is 0 Å². The van der Waals surface area contributed by atoms with Crippen molar-refractivity contribution in [2.45, 2.75) is 40.8 Å². The molecule has 14 heteroatoms. The maximum Gasteiger partial charge on any atom is 0 e. The molecule has 318 valence electrons. The minimum Gasteiger partial charge on any atom is -1.00 e. The molecule has 2 aromatic heterocycles. The Labute approximate surface area is 425 Å². The number of benzene rings is 4. The van der Waals surface area contributed by atoms with E-state index in [4.69, 9.17) is 18.9 Å². The number of hydrogen-bond donors (Lipinski definition) is 0. The summed E-state index contributed by atoms with van der Waals surface area (Å²) in [6, 6.07) is 34.2. The van der Waals surface area contributed by atoms with Crippen LogP contribution >= 0.6 is 37.2 Å². The van der Waals surface area contributed by atoms with E-state index in [9.17, 15) is 0 Å². The van der Waals surface area contributed by atoms with Crippen molar-refractivity contribution in [3.05, 3.63) is 118 Å². The van der Waals surface area contributed by atoms with E-state index in [0.717, 1.165) is 49.2 Å². The monoisotopic (exact) mass is 1390 g/mol. The molecular weight excluding hydrogens is 1340 g/mol. The molecule has 60 heavy (non-hydrogen) atoms. The molecule has 0 aliphatic carbocycles. The van der Waals surface area contributed by atoms with Gasteiger partial charge < -0.3 is 48.0 Å². The van der Waals surface area contributed by atoms with E-state index in [1.807, 2.05) is 12.1 Å². The zero-order valence-electron chi connectivity index (χ0n) is 35.0. The van der Waals surface area contributed by atoms with Crippen LogP contribution in [-0.4, -0.2) is 71.4 Å². The van der Waals surface area contributed by atoms with Crippen LogP contribution in [0, 0.1) is 0 Å². The summed E-state index contributed by atoms with van der Waals surface area (Å²) in [4.78, 5) is 4.83. The maximum atomic E-state index is 5.44. The summed E-state index contributed by atoms with van der Waals surface area (Å²) in [6.45, 7) is 12.5. The predicted molar refractivity (Wildman–Crippen MR) is 260 cm³/mol. The Bertz CT molecular complexity index is 2320. The van der Waals surface area contributed by atoms with Crippen LogP contribution in [0.4, 0.5) is 11.4 Å². The van der Waals surface area contributed by atoms with Gasteiger partial charge in [-0.25, -0.2) is 0 Å². The van der Waals surface area contributed by atoms with Crippen molar-refractivity contribution in [2.75, 3.05) is 51.3 Å². The number of aryl methyl sites for hydroxylation is 2. The van der Waals surface area contributed by atoms with E-state index in [-0.39, 0.29) is 77.9 Å². The molecule has 0 amide bonds. The van der Waals surface area contributed by atoms with Gasteiger partial charge in [-0.3, -0.25) is 0 Å². The van der Waals surface area contributed by atoms with E-state index in [1.165, 1.54) is 62.7 Å². The molecular formula is C46H50I4N4O4Se2. The van der Waals surface area contributed by atoms with Gasteiger partial charge in [0.05, 0.1) is 0 Å². The standard InChI is InChI=1S/2C23H25N2O2Se.I2.2HI/c2*1-5-24-17(8-7-16-13-18(26-3)9-11-20(16)24)14-23-25(6-2)21-15-19(27-4)10-12-22(21)28-23;1-2;;/h2*7-15H,5-6H2,1-4H3;;2*1H/q2*+1;;;/p-2. The Morgan fingerprint density at radius 1 is 0.500 bits per heavy atom. The second kappa shape index (κ2) is 24.1. The third kappa shape index (κ3) is 11.0. The zero-order chi connectivity index (χ0) is 41.3. The molecule has 6 aromatic rings. The first kappa shape index (κ1) is 50.6. The molecule has 0 saturated carbocycles. The molecule has 0 radical (unpaired) electrons. The minimum atomic E-state index is 0. The van der Waals surface area contributed by atoms with Crippen LogP contribution in [0.25, 0.3) is 34.0 Å². The van der Waals surface area contributed by atoms with Crippen LogP contribution in [0.3, 0.4) is 0 Å². The van der Waals surface area contributed by atoms with Gasteiger partial charge in [0.1, 0.15) is 0 Å². The molecule has 2 aliphatic rings. The predicted octanol–water partition coefficient (Wildman–Crippen LogP) is 2.44. The molecule has 0 unspecified atom stereocenters. The van der Waals surface area contributed by atoms with Crippen LogP contribution in [0.1, 0.15) is 39.1 Å². The number of halogens is 4. The van der Waals surface area contributed by atoms with Crippen LogP contribution in [-0.2, 0) is 13.1 Å². The number of methoxy groups -OCH3 is 4. The minimum absolute atomic E-state index is 0. The fourth-order valence-corrected chi connectivity index (χ4v) is 12.2. The number of anilines is 2. The van der Waals surface area contributed by atoms with Gasteiger partial charge in [-0.05, 0) is 0 Å². The Morgan fingerprint density at radius 3 is 1.18 bits per heavy atom. The molecule has 4 aromatic carbocycles. The van der Waals surface area contributed by atoms with Crippen molar-refractivity contribution >= 4 is 121 Å². The second-order valence-corrected chi connectivity index (χ2v) is 17.6. The molecule has 0 spiro atoms. The van der Waals surface area contributed by atoms with Gasteiger partial charge in [0.15, 0.2) is 0 Å². The summed E-state index contributed by atoms with van der Waals surface area (Å²) >= 11 is 4.82. The molecule has 0 saturated heterocycles. The molecule has 8 rings (SSSR count). The van der Waals surface area contributed by atoms with E-state index in [0.29, 0.717) is 0 Å². The fraction of sp³-hybridized carbons (Fsp3) is 0.261. The number of pyridine rings is 2. The number of hydrogen-bond acceptors (Lipinski definition) is 6. The normalized spacial score (nSPS) is 13.7. The van der Waals surface area contributed by atoms with E-state index in [2.05, 4.69) is 181 Å². The number of fused-ring (bicyclic) bond motifs is 4. The molecule has 8 nitrogen and oxygen atoms in total. The second-order valence-electron chi connectivity index (χ2n) is 13.2. The van der Waals surface area contributed by atoms with Crippen LogP contribution in [0.5, 0.6) is 23.0 Å². The Hall–Kier alpha value is -2.06. The molecule has 0 N–H and O–H groups in total. The molecule has 4 heterocycles. The summed E-state index contributed by atoms with van der Waals surface area (Å²) in [6.07, 6.45) is 4.70. The van der Waals surface area contributed by atoms with Gasteiger partial charge >= 0.3 is 345 Å². The van der Waals surface area contributed by atoms with Crippen LogP contribution < -0.4 is 94.8 Å². The van der Waals surface area contributed by atoms with Gasteiger partial charge in [-0.2, -0.15) is 0 Å². The summed E-state index contributed by atoms with van der Waals surface area (Å²) in [7, 11) is 6.87. The third-order valence-electron chi connectivity index (χ3n) is 10.2. The number of aromatic nitrogens is 2. The van der Waals surface area contributed by atoms with Gasteiger partial charge in [-0.1, -0.05) is 0 Å². The summed E-state index contributed by atoms with van der Waals surface area (Å²) in [5.41, 5.74) is 7.48. The topological polar surface area (TPSA) is 51.2 Å². The van der Waals surface area contributed by atoms with Crippen LogP contribution in [0.15, 0.2) is 106 Å². The Kier molecular flexibility index (Phi) is 20.3. The molecule has 2 aliphatic heterocycles. The summed E-state index contributed by atoms with van der Waals surface area (Å²) in [5.74, 6) is 3.61. The van der Waals surface area contributed by atoms with Crippen molar-refractivity contribution in [1.82, 2.24) is 0 Å². The van der Waals surface area contributed by atoms with Gasteiger partial charge in [0, 0.05) is 37.2 Å². The average Bonchev–Trinajstić information content (AvgIpc) is 3.81. The first-order valence-electron chi connectivity index (χ1n) is 19.2. The van der Waals surface area contributed by atoms with Gasteiger partial charge in [-0.15, -0.1) is 0 Å². The first-order chi connectivity index (χ1) is 28.4. The number of ether oxygens (including phenoxy) is 4. The van der Waals surface area contributed by atoms with Crippen molar-refractivity contribution in [2.24, 2.45) is 0 Å². The quantitative estimate of drug-likeness (QED) is 0.120. The van der Waals surface area contributed by atoms with E-state index in [1.54, 1.807) is 28.4 Å². The summed E-state index contributed by atoms with van der Waals surface area (Å²) < 4.78 is 32.0. The van der Waals surface area contributed by atoms with Crippen LogP contribution in [0.2, 0.25) is 0 Å². The molecule has 0 fully saturated rings. The molecule has 0 bridgehead atoms. The number of rotatable bonds is 10. The molecule has 0 atom stereocenters. The van der Waals surface area contributed by atoms with Crippen molar-refractivity contribution < 1.29 is 76.0 Å². The Balaban J connectivity index is 0.000000246. The zero-order valence-corrected chi connectivity index (χ0v) is 47.0. The maximum absolute atomic E-state index is 5.44. The SMILES string of the molecule is CCN1/C(=C/c2ccc3cc(OC)ccc3[n+]2CC)[Se]c2ccc(OC)cc21.CCN1/C(=C/c2ccc3cc(OC)ccc3[n+]2CC)[Se]c2ccc(OC)cc21.II.[I-].[I-]. The average molecular weight is 1390 g/mol. The van der Waals surface area contributed by atoms with Crippen molar-refractivity contribution in [3.63, 3.8) is 0 Å². The smallest absolute Gasteiger partial charge is 0 e. The van der Waals surface area contributed by atoms with Gasteiger partial charge in [0.25, 0.3) is 0 Å². The third-order valence-corrected chi connectivity index (χ3v) is 14.9. The van der Waals surface area contributed by atoms with Gasteiger partial charge in [0.2, 0.25) is 0 Å². The fourth-order valence-electron chi connectivity index (χ4n) is 7.38. The summed E-state index contributed by atoms with van der Waals surface area (Å²) in [5, 5.41) is 2.39. The Morgan fingerprint density at radius 2 is 0.850 bits per heavy atom. The largest absolute Gasteiger partial charge is 1.00 e.